The average Bonchev–Trinajstić information content (AvgIpc) is 2.78. The minimum Gasteiger partial charge on any atom is -0.366 e. The third kappa shape index (κ3) is 4.96. The zero-order valence-electron chi connectivity index (χ0n) is 16.3. The van der Waals surface area contributed by atoms with E-state index in [9.17, 15) is 0 Å². The van der Waals surface area contributed by atoms with Gasteiger partial charge in [-0.1, -0.05) is 54.6 Å². The molecule has 144 valence electrons. The Kier molecular flexibility index (Phi) is 5.76. The maximum absolute atomic E-state index is 4.73. The molecule has 2 heterocycles. The molecule has 0 saturated heterocycles. The first kappa shape index (κ1) is 18.6. The molecule has 0 aliphatic heterocycles. The van der Waals surface area contributed by atoms with Gasteiger partial charge in [-0.2, -0.15) is 4.98 Å². The van der Waals surface area contributed by atoms with Gasteiger partial charge >= 0.3 is 0 Å². The molecule has 0 unspecified atom stereocenters. The Morgan fingerprint density at radius 3 is 2.31 bits per heavy atom. The second kappa shape index (κ2) is 8.97. The number of pyridine rings is 1. The highest BCUT2D eigenvalue weighted by Crippen LogP contribution is 2.22. The molecule has 2 aromatic carbocycles. The molecular weight excluding hydrogens is 358 g/mol. The average molecular weight is 381 g/mol. The van der Waals surface area contributed by atoms with E-state index >= 15 is 0 Å². The molecule has 2 aromatic heterocycles. The van der Waals surface area contributed by atoms with Crippen molar-refractivity contribution in [3.05, 3.63) is 102 Å². The Morgan fingerprint density at radius 2 is 1.52 bits per heavy atom. The first-order chi connectivity index (χ1) is 14.3. The van der Waals surface area contributed by atoms with E-state index in [1.54, 1.807) is 12.4 Å². The van der Waals surface area contributed by atoms with Crippen LogP contribution in [-0.4, -0.2) is 15.0 Å². The second-order valence-electron chi connectivity index (χ2n) is 6.82. The van der Waals surface area contributed by atoms with Gasteiger partial charge in [-0.15, -0.1) is 0 Å². The van der Waals surface area contributed by atoms with Gasteiger partial charge in [0.15, 0.2) is 0 Å². The number of aromatic nitrogens is 3. The van der Waals surface area contributed by atoms with Crippen LogP contribution >= 0.6 is 0 Å². The highest BCUT2D eigenvalue weighted by atomic mass is 15.1. The zero-order valence-corrected chi connectivity index (χ0v) is 16.3. The Bertz CT molecular complexity index is 1060. The van der Waals surface area contributed by atoms with Gasteiger partial charge in [0.1, 0.15) is 5.82 Å². The normalized spacial score (nSPS) is 10.5. The molecule has 2 N–H and O–H groups in total. The van der Waals surface area contributed by atoms with E-state index in [1.807, 2.05) is 48.5 Å². The zero-order chi connectivity index (χ0) is 19.9. The van der Waals surface area contributed by atoms with Gasteiger partial charge in [0.25, 0.3) is 0 Å². The van der Waals surface area contributed by atoms with Crippen molar-refractivity contribution in [1.29, 1.82) is 0 Å². The molecule has 0 aliphatic carbocycles. The van der Waals surface area contributed by atoms with E-state index < -0.39 is 0 Å². The molecule has 0 radical (unpaired) electrons. The van der Waals surface area contributed by atoms with E-state index in [2.05, 4.69) is 51.8 Å². The Hall–Kier alpha value is -3.73. The highest BCUT2D eigenvalue weighted by molar-refractivity contribution is 5.64. The summed E-state index contributed by atoms with van der Waals surface area (Å²) < 4.78 is 0. The van der Waals surface area contributed by atoms with Crippen molar-refractivity contribution in [1.82, 2.24) is 15.0 Å². The molecule has 0 aliphatic rings. The van der Waals surface area contributed by atoms with Crippen LogP contribution in [0.15, 0.2) is 85.2 Å². The van der Waals surface area contributed by atoms with Crippen LogP contribution in [-0.2, 0) is 13.1 Å². The maximum Gasteiger partial charge on any atom is 0.225 e. The fraction of sp³-hybridized carbons (Fsp3) is 0.125. The summed E-state index contributed by atoms with van der Waals surface area (Å²) in [6, 6.07) is 24.4. The van der Waals surface area contributed by atoms with Gasteiger partial charge < -0.3 is 10.6 Å². The minimum absolute atomic E-state index is 0.604. The van der Waals surface area contributed by atoms with Gasteiger partial charge in [0, 0.05) is 37.1 Å². The van der Waals surface area contributed by atoms with Crippen molar-refractivity contribution in [2.75, 3.05) is 10.6 Å². The van der Waals surface area contributed by atoms with E-state index in [4.69, 9.17) is 4.98 Å². The number of aryl methyl sites for hydroxylation is 1. The third-order valence-electron chi connectivity index (χ3n) is 4.72. The SMILES string of the molecule is Cc1ccccc1CNc1nc(NCc2ccncc2)cc(-c2ccccc2)n1. The summed E-state index contributed by atoms with van der Waals surface area (Å²) in [5.41, 5.74) is 5.56. The molecule has 0 spiro atoms. The van der Waals surface area contributed by atoms with Crippen LogP contribution in [0.1, 0.15) is 16.7 Å². The molecule has 0 amide bonds. The number of benzene rings is 2. The van der Waals surface area contributed by atoms with Gasteiger partial charge in [0.05, 0.1) is 5.69 Å². The van der Waals surface area contributed by atoms with Crippen LogP contribution in [0.2, 0.25) is 0 Å². The lowest BCUT2D eigenvalue weighted by Gasteiger charge is -2.12. The molecule has 4 rings (SSSR count). The number of nitrogens with one attached hydrogen (secondary N) is 2. The number of hydrogen-bond acceptors (Lipinski definition) is 5. The van der Waals surface area contributed by atoms with E-state index in [-0.39, 0.29) is 0 Å². The molecule has 0 fully saturated rings. The lowest BCUT2D eigenvalue weighted by atomic mass is 10.1. The molecule has 29 heavy (non-hydrogen) atoms. The topological polar surface area (TPSA) is 62.7 Å². The van der Waals surface area contributed by atoms with Crippen molar-refractivity contribution >= 4 is 11.8 Å². The van der Waals surface area contributed by atoms with Gasteiger partial charge in [0.2, 0.25) is 5.95 Å². The molecule has 0 bridgehead atoms. The van der Waals surface area contributed by atoms with E-state index in [1.165, 1.54) is 11.1 Å². The van der Waals surface area contributed by atoms with Crippen LogP contribution in [0, 0.1) is 6.92 Å². The Balaban J connectivity index is 1.58. The van der Waals surface area contributed by atoms with Crippen LogP contribution in [0.5, 0.6) is 0 Å². The quantitative estimate of drug-likeness (QED) is 0.468. The molecule has 5 nitrogen and oxygen atoms in total. The van der Waals surface area contributed by atoms with E-state index in [0.29, 0.717) is 19.0 Å². The number of nitrogens with zero attached hydrogens (tertiary/aromatic N) is 3. The van der Waals surface area contributed by atoms with Gasteiger partial charge in [-0.25, -0.2) is 4.98 Å². The molecule has 0 saturated carbocycles. The monoisotopic (exact) mass is 381 g/mol. The minimum atomic E-state index is 0.604. The smallest absolute Gasteiger partial charge is 0.225 e. The summed E-state index contributed by atoms with van der Waals surface area (Å²) in [5.74, 6) is 1.38. The second-order valence-corrected chi connectivity index (χ2v) is 6.82. The Morgan fingerprint density at radius 1 is 0.759 bits per heavy atom. The van der Waals surface area contributed by atoms with Crippen LogP contribution in [0.25, 0.3) is 11.3 Å². The maximum atomic E-state index is 4.73. The lowest BCUT2D eigenvalue weighted by Crippen LogP contribution is -2.08. The third-order valence-corrected chi connectivity index (χ3v) is 4.72. The first-order valence-electron chi connectivity index (χ1n) is 9.63. The fourth-order valence-corrected chi connectivity index (χ4v) is 3.05. The molecular formula is C24H23N5. The summed E-state index contributed by atoms with van der Waals surface area (Å²) in [7, 11) is 0. The number of rotatable bonds is 7. The van der Waals surface area contributed by atoms with Crippen molar-refractivity contribution in [2.45, 2.75) is 20.0 Å². The van der Waals surface area contributed by atoms with Crippen molar-refractivity contribution in [3.63, 3.8) is 0 Å². The van der Waals surface area contributed by atoms with Crippen molar-refractivity contribution in [2.24, 2.45) is 0 Å². The summed E-state index contributed by atoms with van der Waals surface area (Å²) in [5, 5.41) is 6.78. The van der Waals surface area contributed by atoms with E-state index in [0.717, 1.165) is 22.6 Å². The van der Waals surface area contributed by atoms with Crippen molar-refractivity contribution in [3.8, 4) is 11.3 Å². The number of anilines is 2. The summed E-state index contributed by atoms with van der Waals surface area (Å²) in [6.45, 7) is 3.46. The summed E-state index contributed by atoms with van der Waals surface area (Å²) in [6.07, 6.45) is 3.59. The molecule has 0 atom stereocenters. The molecule has 4 aromatic rings. The van der Waals surface area contributed by atoms with Crippen LogP contribution in [0.3, 0.4) is 0 Å². The Labute approximate surface area is 170 Å². The fourth-order valence-electron chi connectivity index (χ4n) is 3.05. The standard InChI is InChI=1S/C24H23N5/c1-18-7-5-6-10-21(18)17-27-24-28-22(20-8-3-2-4-9-20)15-23(29-24)26-16-19-11-13-25-14-12-19/h2-15H,16-17H2,1H3,(H2,26,27,28,29). The van der Waals surface area contributed by atoms with Crippen molar-refractivity contribution < 1.29 is 0 Å². The summed E-state index contributed by atoms with van der Waals surface area (Å²) in [4.78, 5) is 13.5. The lowest BCUT2D eigenvalue weighted by molar-refractivity contribution is 1.03. The highest BCUT2D eigenvalue weighted by Gasteiger charge is 2.08. The van der Waals surface area contributed by atoms with Crippen LogP contribution < -0.4 is 10.6 Å². The van der Waals surface area contributed by atoms with Gasteiger partial charge in [-0.3, -0.25) is 4.98 Å². The summed E-state index contributed by atoms with van der Waals surface area (Å²) >= 11 is 0. The first-order valence-corrected chi connectivity index (χ1v) is 9.63. The number of hydrogen-bond donors (Lipinski definition) is 2. The predicted molar refractivity (Wildman–Crippen MR) is 118 cm³/mol. The van der Waals surface area contributed by atoms with Crippen LogP contribution in [0.4, 0.5) is 11.8 Å². The predicted octanol–water partition coefficient (Wildman–Crippen LogP) is 5.07. The van der Waals surface area contributed by atoms with Gasteiger partial charge in [-0.05, 0) is 35.7 Å². The largest absolute Gasteiger partial charge is 0.366 e. The molecule has 5 heteroatoms.